The van der Waals surface area contributed by atoms with Crippen molar-refractivity contribution in [1.82, 2.24) is 9.47 Å². The summed E-state index contributed by atoms with van der Waals surface area (Å²) >= 11 is 0. The maximum atomic E-state index is 13.6. The molecule has 0 radical (unpaired) electrons. The van der Waals surface area contributed by atoms with Gasteiger partial charge in [0.1, 0.15) is 5.82 Å². The molecule has 0 N–H and O–H groups in total. The number of amides is 1. The molecule has 1 amide bonds. The molecule has 26 heavy (non-hydrogen) atoms. The zero-order valence-electron chi connectivity index (χ0n) is 15.1. The molecule has 0 aliphatic carbocycles. The number of fused-ring (bicyclic) bond motifs is 1. The summed E-state index contributed by atoms with van der Waals surface area (Å²) in [5.74, 6) is -0.888. The molecule has 3 aromatic rings. The quantitative estimate of drug-likeness (QED) is 0.694. The summed E-state index contributed by atoms with van der Waals surface area (Å²) in [6, 6.07) is 13.8. The van der Waals surface area contributed by atoms with Gasteiger partial charge in [0.15, 0.2) is 0 Å². The average Bonchev–Trinajstić information content (AvgIpc) is 2.98. The molecule has 2 aromatic carbocycles. The van der Waals surface area contributed by atoms with Gasteiger partial charge in [-0.05, 0) is 37.6 Å². The molecule has 0 aliphatic heterocycles. The van der Waals surface area contributed by atoms with E-state index in [9.17, 15) is 14.0 Å². The van der Waals surface area contributed by atoms with Gasteiger partial charge in [-0.1, -0.05) is 30.3 Å². The molecule has 0 spiro atoms. The van der Waals surface area contributed by atoms with Crippen molar-refractivity contribution in [3.05, 3.63) is 71.7 Å². The zero-order chi connectivity index (χ0) is 18.8. The SMILES string of the molecule is CC(=O)n1cc(C(=O)N(Cc2ccccc2)C(C)C)c2ccc(F)cc21. The number of hydrogen-bond acceptors (Lipinski definition) is 2. The third kappa shape index (κ3) is 3.38. The summed E-state index contributed by atoms with van der Waals surface area (Å²) in [5.41, 5.74) is 1.83. The Morgan fingerprint density at radius 2 is 1.81 bits per heavy atom. The zero-order valence-corrected chi connectivity index (χ0v) is 15.1. The van der Waals surface area contributed by atoms with Gasteiger partial charge in [-0.25, -0.2) is 4.39 Å². The van der Waals surface area contributed by atoms with E-state index in [2.05, 4.69) is 0 Å². The largest absolute Gasteiger partial charge is 0.332 e. The number of aromatic nitrogens is 1. The van der Waals surface area contributed by atoms with E-state index in [-0.39, 0.29) is 17.9 Å². The Morgan fingerprint density at radius 1 is 1.12 bits per heavy atom. The summed E-state index contributed by atoms with van der Waals surface area (Å²) in [7, 11) is 0. The molecule has 4 nitrogen and oxygen atoms in total. The Labute approximate surface area is 151 Å². The molecule has 0 saturated heterocycles. The van der Waals surface area contributed by atoms with Gasteiger partial charge in [0.25, 0.3) is 5.91 Å². The highest BCUT2D eigenvalue weighted by Crippen LogP contribution is 2.25. The fourth-order valence-corrected chi connectivity index (χ4v) is 3.05. The van der Waals surface area contributed by atoms with Crippen molar-refractivity contribution in [3.63, 3.8) is 0 Å². The maximum Gasteiger partial charge on any atom is 0.256 e. The molecule has 1 aromatic heterocycles. The lowest BCUT2D eigenvalue weighted by Crippen LogP contribution is -2.36. The van der Waals surface area contributed by atoms with Crippen molar-refractivity contribution < 1.29 is 14.0 Å². The Bertz CT molecular complexity index is 961. The van der Waals surface area contributed by atoms with E-state index in [0.29, 0.717) is 23.0 Å². The van der Waals surface area contributed by atoms with E-state index in [4.69, 9.17) is 0 Å². The predicted octanol–water partition coefficient (Wildman–Crippen LogP) is 4.49. The number of benzene rings is 2. The van der Waals surface area contributed by atoms with E-state index in [1.165, 1.54) is 29.8 Å². The highest BCUT2D eigenvalue weighted by Gasteiger charge is 2.24. The van der Waals surface area contributed by atoms with Crippen LogP contribution in [0, 0.1) is 5.82 Å². The number of halogens is 1. The summed E-state index contributed by atoms with van der Waals surface area (Å²) < 4.78 is 15.0. The molecular formula is C21H21FN2O2. The molecule has 0 atom stereocenters. The summed E-state index contributed by atoms with van der Waals surface area (Å²) in [6.07, 6.45) is 1.51. The molecule has 0 unspecified atom stereocenters. The molecule has 1 heterocycles. The van der Waals surface area contributed by atoms with E-state index >= 15 is 0 Å². The second-order valence-electron chi connectivity index (χ2n) is 6.61. The standard InChI is InChI=1S/C21H21FN2O2/c1-14(2)23(12-16-7-5-4-6-8-16)21(26)19-13-24(15(3)25)20-11-17(22)9-10-18(19)20/h4-11,13-14H,12H2,1-3H3. The first-order valence-corrected chi connectivity index (χ1v) is 8.55. The first-order valence-electron chi connectivity index (χ1n) is 8.55. The van der Waals surface area contributed by atoms with Crippen LogP contribution in [-0.2, 0) is 6.54 Å². The van der Waals surface area contributed by atoms with Gasteiger partial charge in [-0.3, -0.25) is 14.2 Å². The number of hydrogen-bond donors (Lipinski definition) is 0. The lowest BCUT2D eigenvalue weighted by molar-refractivity contribution is 0.0692. The fourth-order valence-electron chi connectivity index (χ4n) is 3.05. The molecule has 0 bridgehead atoms. The van der Waals surface area contributed by atoms with Crippen molar-refractivity contribution in [2.75, 3.05) is 0 Å². The van der Waals surface area contributed by atoms with Gasteiger partial charge in [0.05, 0.1) is 11.1 Å². The van der Waals surface area contributed by atoms with Crippen LogP contribution in [0.4, 0.5) is 4.39 Å². The van der Waals surface area contributed by atoms with Crippen LogP contribution in [0.25, 0.3) is 10.9 Å². The highest BCUT2D eigenvalue weighted by atomic mass is 19.1. The number of rotatable bonds is 4. The van der Waals surface area contributed by atoms with Crippen LogP contribution in [0.5, 0.6) is 0 Å². The van der Waals surface area contributed by atoms with Crippen LogP contribution in [0.1, 0.15) is 41.5 Å². The van der Waals surface area contributed by atoms with E-state index in [1.54, 1.807) is 11.0 Å². The second kappa shape index (κ2) is 7.12. The maximum absolute atomic E-state index is 13.6. The lowest BCUT2D eigenvalue weighted by Gasteiger charge is -2.26. The van der Waals surface area contributed by atoms with Crippen LogP contribution in [-0.4, -0.2) is 27.3 Å². The average molecular weight is 352 g/mol. The summed E-state index contributed by atoms with van der Waals surface area (Å²) in [4.78, 5) is 26.9. The lowest BCUT2D eigenvalue weighted by atomic mass is 10.1. The summed E-state index contributed by atoms with van der Waals surface area (Å²) in [5, 5.41) is 0.574. The molecular weight excluding hydrogens is 331 g/mol. The second-order valence-corrected chi connectivity index (χ2v) is 6.61. The third-order valence-electron chi connectivity index (χ3n) is 4.42. The number of carbonyl (C=O) groups is 2. The van der Waals surface area contributed by atoms with Gasteiger partial charge in [-0.2, -0.15) is 0 Å². The molecule has 3 rings (SSSR count). The van der Waals surface area contributed by atoms with Crippen LogP contribution in [0.3, 0.4) is 0 Å². The van der Waals surface area contributed by atoms with Gasteiger partial charge in [0, 0.05) is 31.1 Å². The van der Waals surface area contributed by atoms with Crippen LogP contribution >= 0.6 is 0 Å². The Balaban J connectivity index is 2.06. The van der Waals surface area contributed by atoms with Crippen LogP contribution in [0.2, 0.25) is 0 Å². The van der Waals surface area contributed by atoms with E-state index < -0.39 is 5.82 Å². The van der Waals surface area contributed by atoms with Gasteiger partial charge in [-0.15, -0.1) is 0 Å². The highest BCUT2D eigenvalue weighted by molar-refractivity contribution is 6.09. The first kappa shape index (κ1) is 17.9. The van der Waals surface area contributed by atoms with Gasteiger partial charge < -0.3 is 4.90 Å². The van der Waals surface area contributed by atoms with Crippen LogP contribution < -0.4 is 0 Å². The van der Waals surface area contributed by atoms with Crippen molar-refractivity contribution in [1.29, 1.82) is 0 Å². The minimum absolute atomic E-state index is 0.0288. The number of carbonyl (C=O) groups excluding carboxylic acids is 2. The Kier molecular flexibility index (Phi) is 4.89. The van der Waals surface area contributed by atoms with Gasteiger partial charge >= 0.3 is 0 Å². The Hall–Kier alpha value is -2.95. The first-order chi connectivity index (χ1) is 12.4. The van der Waals surface area contributed by atoms with Crippen molar-refractivity contribution in [3.8, 4) is 0 Å². The van der Waals surface area contributed by atoms with Crippen molar-refractivity contribution >= 4 is 22.7 Å². The summed E-state index contributed by atoms with van der Waals surface area (Å²) in [6.45, 7) is 5.75. The molecule has 0 saturated carbocycles. The fraction of sp³-hybridized carbons (Fsp3) is 0.238. The molecule has 134 valence electrons. The van der Waals surface area contributed by atoms with E-state index in [0.717, 1.165) is 5.56 Å². The van der Waals surface area contributed by atoms with Crippen molar-refractivity contribution in [2.24, 2.45) is 0 Å². The van der Waals surface area contributed by atoms with Gasteiger partial charge in [0.2, 0.25) is 5.91 Å². The van der Waals surface area contributed by atoms with Crippen molar-refractivity contribution in [2.45, 2.75) is 33.4 Å². The monoisotopic (exact) mass is 352 g/mol. The molecule has 5 heteroatoms. The minimum atomic E-state index is -0.442. The minimum Gasteiger partial charge on any atom is -0.332 e. The normalized spacial score (nSPS) is 11.1. The predicted molar refractivity (Wildman–Crippen MR) is 99.6 cm³/mol. The van der Waals surface area contributed by atoms with Crippen LogP contribution in [0.15, 0.2) is 54.7 Å². The third-order valence-corrected chi connectivity index (χ3v) is 4.42. The van der Waals surface area contributed by atoms with E-state index in [1.807, 2.05) is 44.2 Å². The smallest absolute Gasteiger partial charge is 0.256 e. The molecule has 0 fully saturated rings. The number of nitrogens with zero attached hydrogens (tertiary/aromatic N) is 2. The topological polar surface area (TPSA) is 42.3 Å². The Morgan fingerprint density at radius 3 is 2.42 bits per heavy atom. The molecule has 0 aliphatic rings.